The molecule has 1 aliphatic heterocycles. The second-order valence-corrected chi connectivity index (χ2v) is 6.54. The number of nitriles is 1. The average Bonchev–Trinajstić information content (AvgIpc) is 3.29. The maximum atomic E-state index is 13.1. The molecule has 0 radical (unpaired) electrons. The van der Waals surface area contributed by atoms with Crippen molar-refractivity contribution in [1.29, 1.82) is 5.26 Å². The molecule has 4 atom stereocenters. The number of nitrogens with zero attached hydrogens (tertiary/aromatic N) is 2. The Hall–Kier alpha value is -1.95. The third kappa shape index (κ3) is 3.40. The number of anilines is 1. The molecule has 3 nitrogen and oxygen atoms in total. The van der Waals surface area contributed by atoms with Crippen molar-refractivity contribution >= 4 is 5.69 Å². The van der Waals surface area contributed by atoms with Gasteiger partial charge in [0.1, 0.15) is 0 Å². The normalized spacial score (nSPS) is 27.4. The van der Waals surface area contributed by atoms with Gasteiger partial charge in [0.25, 0.3) is 0 Å². The summed E-state index contributed by atoms with van der Waals surface area (Å²) in [7, 11) is 0. The number of aliphatic hydroxyl groups is 1. The lowest BCUT2D eigenvalue weighted by atomic mass is 9.95. The van der Waals surface area contributed by atoms with Crippen molar-refractivity contribution in [2.75, 3.05) is 11.4 Å². The molecule has 1 aromatic carbocycles. The molecule has 1 unspecified atom stereocenters. The molecule has 0 aromatic heterocycles. The van der Waals surface area contributed by atoms with Crippen molar-refractivity contribution in [2.45, 2.75) is 37.3 Å². The van der Waals surface area contributed by atoms with Gasteiger partial charge in [-0.1, -0.05) is 0 Å². The minimum atomic E-state index is -4.86. The van der Waals surface area contributed by atoms with Crippen molar-refractivity contribution in [1.82, 2.24) is 0 Å². The zero-order valence-corrected chi connectivity index (χ0v) is 12.8. The maximum Gasteiger partial charge on any atom is 0.417 e. The summed E-state index contributed by atoms with van der Waals surface area (Å²) >= 11 is 0. The average molecular weight is 364 g/mol. The molecule has 0 bridgehead atoms. The van der Waals surface area contributed by atoms with E-state index in [1.165, 1.54) is 17.0 Å². The van der Waals surface area contributed by atoms with E-state index >= 15 is 0 Å². The maximum absolute atomic E-state index is 13.1. The molecule has 1 aromatic rings. The molecule has 136 valence electrons. The summed E-state index contributed by atoms with van der Waals surface area (Å²) in [6.07, 6.45) is -11.5. The molecule has 25 heavy (non-hydrogen) atoms. The Morgan fingerprint density at radius 2 is 1.80 bits per heavy atom. The third-order valence-electron chi connectivity index (χ3n) is 4.91. The van der Waals surface area contributed by atoms with Gasteiger partial charge in [-0.3, -0.25) is 0 Å². The minimum Gasteiger partial charge on any atom is -0.382 e. The second-order valence-electron chi connectivity index (χ2n) is 6.54. The summed E-state index contributed by atoms with van der Waals surface area (Å²) in [5, 5.41) is 18.5. The van der Waals surface area contributed by atoms with Crippen LogP contribution in [0.3, 0.4) is 0 Å². The summed E-state index contributed by atoms with van der Waals surface area (Å²) in [4.78, 5) is 1.20. The fraction of sp³-hybridized carbons (Fsp3) is 0.562. The number of benzene rings is 1. The molecule has 1 saturated carbocycles. The Morgan fingerprint density at radius 3 is 2.36 bits per heavy atom. The molecule has 1 heterocycles. The number of halogens is 6. The molecule has 1 saturated heterocycles. The first-order chi connectivity index (χ1) is 11.5. The van der Waals surface area contributed by atoms with Gasteiger partial charge in [-0.25, -0.2) is 0 Å². The van der Waals surface area contributed by atoms with Crippen molar-refractivity contribution in [2.24, 2.45) is 11.8 Å². The van der Waals surface area contributed by atoms with Crippen molar-refractivity contribution in [3.8, 4) is 6.07 Å². The van der Waals surface area contributed by atoms with Crippen LogP contribution in [0.4, 0.5) is 32.0 Å². The summed E-state index contributed by atoms with van der Waals surface area (Å²) < 4.78 is 78.2. The van der Waals surface area contributed by atoms with E-state index in [1.807, 2.05) is 0 Å². The predicted molar refractivity (Wildman–Crippen MR) is 75.6 cm³/mol. The van der Waals surface area contributed by atoms with Crippen molar-refractivity contribution < 1.29 is 31.4 Å². The summed E-state index contributed by atoms with van der Waals surface area (Å²) in [6, 6.07) is 2.95. The first-order valence-electron chi connectivity index (χ1n) is 7.65. The highest BCUT2D eigenvalue weighted by Gasteiger charge is 2.53. The van der Waals surface area contributed by atoms with E-state index in [0.29, 0.717) is 12.5 Å². The van der Waals surface area contributed by atoms with E-state index in [-0.39, 0.29) is 30.5 Å². The first kappa shape index (κ1) is 17.9. The Labute approximate surface area is 139 Å². The lowest BCUT2D eigenvalue weighted by molar-refractivity contribution is -0.211. The van der Waals surface area contributed by atoms with Gasteiger partial charge in [0, 0.05) is 12.2 Å². The van der Waals surface area contributed by atoms with Gasteiger partial charge < -0.3 is 10.0 Å². The number of aliphatic hydroxyl groups excluding tert-OH is 1. The van der Waals surface area contributed by atoms with Gasteiger partial charge >= 0.3 is 12.4 Å². The van der Waals surface area contributed by atoms with Crippen LogP contribution in [0.1, 0.15) is 24.0 Å². The van der Waals surface area contributed by atoms with Gasteiger partial charge in [0.2, 0.25) is 0 Å². The highest BCUT2D eigenvalue weighted by molar-refractivity contribution is 5.56. The van der Waals surface area contributed by atoms with E-state index in [1.54, 1.807) is 0 Å². The number of fused-ring (bicyclic) bond motifs is 1. The molecular weight excluding hydrogens is 350 g/mol. The van der Waals surface area contributed by atoms with Gasteiger partial charge in [-0.05, 0) is 42.9 Å². The third-order valence-corrected chi connectivity index (χ3v) is 4.91. The quantitative estimate of drug-likeness (QED) is 0.814. The monoisotopic (exact) mass is 364 g/mol. The topological polar surface area (TPSA) is 47.3 Å². The van der Waals surface area contributed by atoms with Crippen LogP contribution in [0, 0.1) is 23.2 Å². The van der Waals surface area contributed by atoms with E-state index in [2.05, 4.69) is 0 Å². The van der Waals surface area contributed by atoms with E-state index < -0.39 is 35.6 Å². The van der Waals surface area contributed by atoms with E-state index in [0.717, 1.165) is 6.07 Å². The summed E-state index contributed by atoms with van der Waals surface area (Å²) in [5.74, 6) is 0.195. The van der Waals surface area contributed by atoms with Crippen LogP contribution in [0.2, 0.25) is 0 Å². The zero-order valence-electron chi connectivity index (χ0n) is 12.8. The number of alkyl halides is 6. The van der Waals surface area contributed by atoms with Gasteiger partial charge in [0.15, 0.2) is 6.10 Å². The second kappa shape index (κ2) is 5.80. The lowest BCUT2D eigenvalue weighted by Gasteiger charge is -2.40. The largest absolute Gasteiger partial charge is 0.417 e. The SMILES string of the molecule is N#Cc1ccc(N2CC3C[C@@H]3C[C@@H]2[C@H](O)C(F)(F)F)cc1C(F)(F)F. The van der Waals surface area contributed by atoms with Crippen LogP contribution in [0.5, 0.6) is 0 Å². The Balaban J connectivity index is 1.99. The smallest absolute Gasteiger partial charge is 0.382 e. The molecule has 3 rings (SSSR count). The minimum absolute atomic E-state index is 0.0648. The van der Waals surface area contributed by atoms with Crippen LogP contribution in [-0.2, 0) is 6.18 Å². The fourth-order valence-electron chi connectivity index (χ4n) is 3.51. The van der Waals surface area contributed by atoms with E-state index in [4.69, 9.17) is 5.26 Å². The van der Waals surface area contributed by atoms with Crippen LogP contribution < -0.4 is 4.90 Å². The van der Waals surface area contributed by atoms with Crippen LogP contribution in [0.25, 0.3) is 0 Å². The highest BCUT2D eigenvalue weighted by atomic mass is 19.4. The van der Waals surface area contributed by atoms with Crippen LogP contribution >= 0.6 is 0 Å². The molecule has 0 spiro atoms. The summed E-state index contributed by atoms with van der Waals surface area (Å²) in [6.45, 7) is 0.158. The van der Waals surface area contributed by atoms with Crippen molar-refractivity contribution in [3.63, 3.8) is 0 Å². The molecule has 2 fully saturated rings. The van der Waals surface area contributed by atoms with Crippen LogP contribution in [-0.4, -0.2) is 30.0 Å². The fourth-order valence-corrected chi connectivity index (χ4v) is 3.51. The summed E-state index contributed by atoms with van der Waals surface area (Å²) in [5.41, 5.74) is -1.85. The standard InChI is InChI=1S/C16H14F6N2O/c17-15(18,19)12-5-11(2-1-8(12)6-23)24-7-10-3-9(10)4-13(24)14(25)16(20,21)22/h1-2,5,9-10,13-14,25H,3-4,7H2/t9-,10?,13-,14+/m1/s1. The van der Waals surface area contributed by atoms with Gasteiger partial charge in [-0.2, -0.15) is 31.6 Å². The first-order valence-corrected chi connectivity index (χ1v) is 7.65. The highest BCUT2D eigenvalue weighted by Crippen LogP contribution is 2.50. The number of hydrogen-bond donors (Lipinski definition) is 1. The molecule has 9 heteroatoms. The number of piperidine rings is 1. The number of hydrogen-bond acceptors (Lipinski definition) is 3. The van der Waals surface area contributed by atoms with Gasteiger partial charge in [0.05, 0.1) is 23.2 Å². The van der Waals surface area contributed by atoms with Gasteiger partial charge in [-0.15, -0.1) is 0 Å². The lowest BCUT2D eigenvalue weighted by Crippen LogP contribution is -2.53. The molecule has 1 aliphatic carbocycles. The predicted octanol–water partition coefficient (Wildman–Crippen LogP) is 3.72. The Kier molecular flexibility index (Phi) is 4.14. The Bertz CT molecular complexity index is 708. The zero-order chi connectivity index (χ0) is 18.6. The Morgan fingerprint density at radius 1 is 1.12 bits per heavy atom. The molecule has 0 amide bonds. The molecular formula is C16H14F6N2O. The van der Waals surface area contributed by atoms with Crippen molar-refractivity contribution in [3.05, 3.63) is 29.3 Å². The van der Waals surface area contributed by atoms with E-state index in [9.17, 15) is 31.4 Å². The molecule has 1 N–H and O–H groups in total. The van der Waals surface area contributed by atoms with Crippen LogP contribution in [0.15, 0.2) is 18.2 Å². The number of rotatable bonds is 2. The molecule has 2 aliphatic rings.